The number of halogens is 2. The van der Waals surface area contributed by atoms with Gasteiger partial charge in [0.25, 0.3) is 0 Å². The number of nitrogens with one attached hydrogen (secondary N) is 1. The molecule has 17 heavy (non-hydrogen) atoms. The van der Waals surface area contributed by atoms with Crippen molar-refractivity contribution in [2.75, 3.05) is 11.1 Å². The van der Waals surface area contributed by atoms with Crippen LogP contribution >= 0.6 is 23.2 Å². The molecule has 0 aliphatic carbocycles. The van der Waals surface area contributed by atoms with Gasteiger partial charge in [-0.1, -0.05) is 35.3 Å². The molecule has 4 heteroatoms. The quantitative estimate of drug-likeness (QED) is 0.818. The Bertz CT molecular complexity index is 527. The molecule has 88 valence electrons. The van der Waals surface area contributed by atoms with E-state index in [4.69, 9.17) is 28.9 Å². The number of hydrogen-bond donors (Lipinski definition) is 2. The summed E-state index contributed by atoms with van der Waals surface area (Å²) in [5.41, 5.74) is 8.45. The smallest absolute Gasteiger partial charge is 0.0577 e. The van der Waals surface area contributed by atoms with Gasteiger partial charge >= 0.3 is 0 Å². The van der Waals surface area contributed by atoms with Gasteiger partial charge in [0.15, 0.2) is 0 Å². The summed E-state index contributed by atoms with van der Waals surface area (Å²) >= 11 is 11.7. The molecule has 2 aromatic carbocycles. The van der Waals surface area contributed by atoms with Crippen molar-refractivity contribution in [3.05, 3.63) is 58.1 Å². The lowest BCUT2D eigenvalue weighted by Crippen LogP contribution is -2.02. The third-order valence-corrected chi connectivity index (χ3v) is 2.86. The Kier molecular flexibility index (Phi) is 3.77. The number of nitrogen functional groups attached to an aromatic ring is 1. The van der Waals surface area contributed by atoms with Crippen molar-refractivity contribution in [3.63, 3.8) is 0 Å². The van der Waals surface area contributed by atoms with E-state index >= 15 is 0 Å². The Hall–Kier alpha value is -1.38. The van der Waals surface area contributed by atoms with Crippen molar-refractivity contribution in [1.82, 2.24) is 0 Å². The molecule has 0 radical (unpaired) electrons. The molecule has 0 heterocycles. The molecule has 0 unspecified atom stereocenters. The fourth-order valence-electron chi connectivity index (χ4n) is 1.54. The van der Waals surface area contributed by atoms with Crippen LogP contribution in [0.15, 0.2) is 42.5 Å². The Morgan fingerprint density at radius 1 is 1.00 bits per heavy atom. The molecule has 3 N–H and O–H groups in total. The van der Waals surface area contributed by atoms with Crippen LogP contribution in [0.1, 0.15) is 5.56 Å². The van der Waals surface area contributed by atoms with E-state index < -0.39 is 0 Å². The van der Waals surface area contributed by atoms with Gasteiger partial charge in [0.05, 0.1) is 11.4 Å². The molecule has 0 spiro atoms. The highest BCUT2D eigenvalue weighted by atomic mass is 35.5. The van der Waals surface area contributed by atoms with Gasteiger partial charge in [-0.3, -0.25) is 0 Å². The van der Waals surface area contributed by atoms with Crippen molar-refractivity contribution in [3.8, 4) is 0 Å². The summed E-state index contributed by atoms with van der Waals surface area (Å²) in [6.07, 6.45) is 0. The maximum absolute atomic E-state index is 5.91. The SMILES string of the molecule is Nc1cc(Cl)ccc1NCc1cccc(Cl)c1. The van der Waals surface area contributed by atoms with Crippen LogP contribution < -0.4 is 11.1 Å². The summed E-state index contributed by atoms with van der Waals surface area (Å²) in [5, 5.41) is 4.61. The molecule has 0 amide bonds. The minimum Gasteiger partial charge on any atom is -0.397 e. The average Bonchev–Trinajstić information content (AvgIpc) is 2.28. The average molecular weight is 267 g/mol. The molecule has 0 aliphatic rings. The lowest BCUT2D eigenvalue weighted by atomic mass is 10.2. The monoisotopic (exact) mass is 266 g/mol. The van der Waals surface area contributed by atoms with E-state index in [1.54, 1.807) is 12.1 Å². The number of benzene rings is 2. The van der Waals surface area contributed by atoms with Gasteiger partial charge in [-0.15, -0.1) is 0 Å². The van der Waals surface area contributed by atoms with Crippen LogP contribution in [-0.2, 0) is 6.54 Å². The normalized spacial score (nSPS) is 10.2. The maximum Gasteiger partial charge on any atom is 0.0577 e. The van der Waals surface area contributed by atoms with Gasteiger partial charge < -0.3 is 11.1 Å². The fraction of sp³-hybridized carbons (Fsp3) is 0.0769. The summed E-state index contributed by atoms with van der Waals surface area (Å²) in [5.74, 6) is 0. The van der Waals surface area contributed by atoms with Crippen LogP contribution in [0.2, 0.25) is 10.0 Å². The number of rotatable bonds is 3. The largest absolute Gasteiger partial charge is 0.397 e. The van der Waals surface area contributed by atoms with E-state index in [0.717, 1.165) is 16.3 Å². The topological polar surface area (TPSA) is 38.0 Å². The lowest BCUT2D eigenvalue weighted by Gasteiger charge is -2.09. The summed E-state index contributed by atoms with van der Waals surface area (Å²) in [6.45, 7) is 0.673. The maximum atomic E-state index is 5.91. The Morgan fingerprint density at radius 3 is 2.47 bits per heavy atom. The van der Waals surface area contributed by atoms with Gasteiger partial charge in [-0.25, -0.2) is 0 Å². The highest BCUT2D eigenvalue weighted by Crippen LogP contribution is 2.23. The Labute approximate surface area is 110 Å². The molecule has 0 bridgehead atoms. The first-order valence-corrected chi connectivity index (χ1v) is 5.94. The van der Waals surface area contributed by atoms with Crippen molar-refractivity contribution < 1.29 is 0 Å². The van der Waals surface area contributed by atoms with Crippen LogP contribution in [0, 0.1) is 0 Å². The molecule has 2 nitrogen and oxygen atoms in total. The second-order valence-electron chi connectivity index (χ2n) is 3.72. The van der Waals surface area contributed by atoms with E-state index in [1.807, 2.05) is 30.3 Å². The second kappa shape index (κ2) is 5.30. The highest BCUT2D eigenvalue weighted by Gasteiger charge is 2.00. The number of nitrogens with two attached hydrogens (primary N) is 1. The van der Waals surface area contributed by atoms with Gasteiger partial charge in [0.1, 0.15) is 0 Å². The standard InChI is InChI=1S/C13H12Cl2N2/c14-10-3-1-2-9(6-10)8-17-13-5-4-11(15)7-12(13)16/h1-7,17H,8,16H2. The van der Waals surface area contributed by atoms with Crippen molar-refractivity contribution >= 4 is 34.6 Å². The zero-order valence-electron chi connectivity index (χ0n) is 9.08. The van der Waals surface area contributed by atoms with Crippen LogP contribution in [0.4, 0.5) is 11.4 Å². The molecule has 0 saturated heterocycles. The first-order chi connectivity index (χ1) is 8.15. The summed E-state index contributed by atoms with van der Waals surface area (Å²) in [4.78, 5) is 0. The lowest BCUT2D eigenvalue weighted by molar-refractivity contribution is 1.15. The van der Waals surface area contributed by atoms with E-state index in [1.165, 1.54) is 0 Å². The van der Waals surface area contributed by atoms with E-state index in [9.17, 15) is 0 Å². The third-order valence-electron chi connectivity index (χ3n) is 2.39. The van der Waals surface area contributed by atoms with Crippen LogP contribution in [-0.4, -0.2) is 0 Å². The van der Waals surface area contributed by atoms with Crippen LogP contribution in [0.5, 0.6) is 0 Å². The van der Waals surface area contributed by atoms with Crippen molar-refractivity contribution in [2.45, 2.75) is 6.54 Å². The predicted molar refractivity (Wildman–Crippen MR) is 74.6 cm³/mol. The summed E-state index contributed by atoms with van der Waals surface area (Å²) in [7, 11) is 0. The molecular formula is C13H12Cl2N2. The first kappa shape index (κ1) is 12.1. The molecule has 0 saturated carbocycles. The minimum absolute atomic E-state index is 0.635. The summed E-state index contributed by atoms with van der Waals surface area (Å²) < 4.78 is 0. The Morgan fingerprint density at radius 2 is 1.76 bits per heavy atom. The minimum atomic E-state index is 0.635. The van der Waals surface area contributed by atoms with Crippen LogP contribution in [0.25, 0.3) is 0 Å². The predicted octanol–water partition coefficient (Wildman–Crippen LogP) is 4.19. The van der Waals surface area contributed by atoms with Crippen molar-refractivity contribution in [2.24, 2.45) is 0 Å². The zero-order chi connectivity index (χ0) is 12.3. The second-order valence-corrected chi connectivity index (χ2v) is 4.59. The number of hydrogen-bond acceptors (Lipinski definition) is 2. The Balaban J connectivity index is 2.07. The summed E-state index contributed by atoms with van der Waals surface area (Å²) in [6, 6.07) is 13.1. The molecule has 0 atom stereocenters. The number of anilines is 2. The van der Waals surface area contributed by atoms with E-state index in [2.05, 4.69) is 5.32 Å². The fourth-order valence-corrected chi connectivity index (χ4v) is 1.93. The zero-order valence-corrected chi connectivity index (χ0v) is 10.6. The molecule has 2 rings (SSSR count). The molecule has 0 fully saturated rings. The van der Waals surface area contributed by atoms with Gasteiger partial charge in [0, 0.05) is 16.6 Å². The molecule has 0 aromatic heterocycles. The van der Waals surface area contributed by atoms with E-state index in [-0.39, 0.29) is 0 Å². The van der Waals surface area contributed by atoms with Crippen molar-refractivity contribution in [1.29, 1.82) is 0 Å². The third kappa shape index (κ3) is 3.29. The van der Waals surface area contributed by atoms with E-state index in [0.29, 0.717) is 17.3 Å². The molecule has 2 aromatic rings. The molecular weight excluding hydrogens is 255 g/mol. The van der Waals surface area contributed by atoms with Gasteiger partial charge in [-0.05, 0) is 35.9 Å². The van der Waals surface area contributed by atoms with Gasteiger partial charge in [0.2, 0.25) is 0 Å². The first-order valence-electron chi connectivity index (χ1n) is 5.18. The van der Waals surface area contributed by atoms with Gasteiger partial charge in [-0.2, -0.15) is 0 Å². The highest BCUT2D eigenvalue weighted by molar-refractivity contribution is 6.31. The molecule has 0 aliphatic heterocycles. The van der Waals surface area contributed by atoms with Crippen LogP contribution in [0.3, 0.4) is 0 Å².